The second-order valence-electron chi connectivity index (χ2n) is 3.82. The topological polar surface area (TPSA) is 26.0 Å². The summed E-state index contributed by atoms with van der Waals surface area (Å²) < 4.78 is 2.08. The minimum absolute atomic E-state index is 0.0729. The summed E-state index contributed by atoms with van der Waals surface area (Å²) in [7, 11) is 0. The molecule has 96 valence electrons. The van der Waals surface area contributed by atoms with Crippen LogP contribution in [0, 0.1) is 0 Å². The molecule has 0 aliphatic heterocycles. The van der Waals surface area contributed by atoms with Crippen LogP contribution >= 0.6 is 66.4 Å². The van der Waals surface area contributed by atoms with E-state index in [-0.39, 0.29) is 6.04 Å². The summed E-state index contributed by atoms with van der Waals surface area (Å²) >= 11 is 20.6. The molecule has 2 rings (SSSR count). The molecule has 1 aromatic heterocycles. The van der Waals surface area contributed by atoms with Crippen LogP contribution in [-0.2, 0) is 6.42 Å². The molecule has 0 fully saturated rings. The maximum absolute atomic E-state index is 6.19. The van der Waals surface area contributed by atoms with Crippen LogP contribution < -0.4 is 5.73 Å². The van der Waals surface area contributed by atoms with Crippen molar-refractivity contribution in [2.24, 2.45) is 5.73 Å². The lowest BCUT2D eigenvalue weighted by Crippen LogP contribution is -2.12. The van der Waals surface area contributed by atoms with Crippen LogP contribution in [0.4, 0.5) is 0 Å². The van der Waals surface area contributed by atoms with Crippen LogP contribution in [0.3, 0.4) is 0 Å². The predicted molar refractivity (Wildman–Crippen MR) is 86.8 cm³/mol. The largest absolute Gasteiger partial charge is 0.323 e. The van der Waals surface area contributed by atoms with E-state index in [1.807, 2.05) is 18.2 Å². The first-order chi connectivity index (χ1) is 8.47. The van der Waals surface area contributed by atoms with Gasteiger partial charge in [0.25, 0.3) is 0 Å². The van der Waals surface area contributed by atoms with Gasteiger partial charge in [-0.05, 0) is 62.0 Å². The highest BCUT2D eigenvalue weighted by molar-refractivity contribution is 9.13. The molecule has 6 heteroatoms. The first-order valence-corrected chi connectivity index (χ1v) is 8.27. The van der Waals surface area contributed by atoms with Gasteiger partial charge in [0, 0.05) is 25.4 Å². The van der Waals surface area contributed by atoms with E-state index in [0.717, 1.165) is 18.7 Å². The van der Waals surface area contributed by atoms with Crippen molar-refractivity contribution in [3.8, 4) is 0 Å². The van der Waals surface area contributed by atoms with E-state index < -0.39 is 0 Å². The van der Waals surface area contributed by atoms with Crippen molar-refractivity contribution in [2.75, 3.05) is 0 Å². The molecule has 1 heterocycles. The van der Waals surface area contributed by atoms with E-state index in [0.29, 0.717) is 16.5 Å². The molecule has 2 aromatic rings. The van der Waals surface area contributed by atoms with E-state index >= 15 is 0 Å². The normalized spacial score (nSPS) is 12.7. The van der Waals surface area contributed by atoms with Crippen molar-refractivity contribution in [3.63, 3.8) is 0 Å². The number of benzene rings is 1. The van der Waals surface area contributed by atoms with Crippen LogP contribution in [0.1, 0.15) is 16.5 Å². The molecule has 1 atom stereocenters. The third-order valence-electron chi connectivity index (χ3n) is 2.48. The number of nitrogens with two attached hydrogens (primary N) is 1. The van der Waals surface area contributed by atoms with Crippen LogP contribution in [-0.4, -0.2) is 0 Å². The summed E-state index contributed by atoms with van der Waals surface area (Å²) in [6.45, 7) is 0. The summed E-state index contributed by atoms with van der Waals surface area (Å²) in [6.07, 6.45) is 0.690. The summed E-state index contributed by atoms with van der Waals surface area (Å²) in [5, 5.41) is 1.30. The molecule has 1 unspecified atom stereocenters. The zero-order valence-corrected chi connectivity index (χ0v) is 14.6. The van der Waals surface area contributed by atoms with Crippen LogP contribution in [0.2, 0.25) is 10.0 Å². The Morgan fingerprint density at radius 1 is 1.22 bits per heavy atom. The molecule has 0 saturated heterocycles. The minimum Gasteiger partial charge on any atom is -0.323 e. The lowest BCUT2D eigenvalue weighted by molar-refractivity contribution is 0.736. The van der Waals surface area contributed by atoms with Gasteiger partial charge in [0.2, 0.25) is 0 Å². The first kappa shape index (κ1) is 14.8. The van der Waals surface area contributed by atoms with Crippen molar-refractivity contribution < 1.29 is 0 Å². The predicted octanol–water partition coefficient (Wildman–Crippen LogP) is 5.82. The number of hydrogen-bond donors (Lipinski definition) is 1. The number of hydrogen-bond acceptors (Lipinski definition) is 2. The van der Waals surface area contributed by atoms with Crippen molar-refractivity contribution in [3.05, 3.63) is 53.0 Å². The molecule has 0 aliphatic rings. The van der Waals surface area contributed by atoms with E-state index in [9.17, 15) is 0 Å². The Kier molecular flexibility index (Phi) is 5.14. The van der Waals surface area contributed by atoms with Crippen LogP contribution in [0.5, 0.6) is 0 Å². The second-order valence-corrected chi connectivity index (χ2v) is 7.92. The fraction of sp³-hybridized carbons (Fsp3) is 0.167. The van der Waals surface area contributed by atoms with E-state index in [1.165, 1.54) is 0 Å². The fourth-order valence-corrected chi connectivity index (χ4v) is 4.15. The SMILES string of the molecule is NC(Cc1ccc(Cl)cc1Cl)c1cc(Br)c(Br)s1. The first-order valence-electron chi connectivity index (χ1n) is 5.11. The third kappa shape index (κ3) is 3.50. The Hall–Kier alpha value is 0.420. The molecular formula is C12H9Br2Cl2NS. The highest BCUT2D eigenvalue weighted by Crippen LogP contribution is 2.36. The summed E-state index contributed by atoms with van der Waals surface area (Å²) in [5.41, 5.74) is 7.20. The van der Waals surface area contributed by atoms with Gasteiger partial charge in [0.1, 0.15) is 0 Å². The van der Waals surface area contributed by atoms with Crippen molar-refractivity contribution in [1.29, 1.82) is 0 Å². The lowest BCUT2D eigenvalue weighted by Gasteiger charge is -2.11. The average molecular weight is 430 g/mol. The molecular weight excluding hydrogens is 421 g/mol. The summed E-state index contributed by atoms with van der Waals surface area (Å²) in [4.78, 5) is 1.11. The third-order valence-corrected chi connectivity index (χ3v) is 6.46. The average Bonchev–Trinajstić information content (AvgIpc) is 2.63. The Balaban J connectivity index is 2.18. The zero-order chi connectivity index (χ0) is 13.3. The number of thiophene rings is 1. The van der Waals surface area contributed by atoms with Gasteiger partial charge in [-0.3, -0.25) is 0 Å². The fourth-order valence-electron chi connectivity index (χ4n) is 1.57. The molecule has 1 nitrogen and oxygen atoms in total. The molecule has 0 spiro atoms. The molecule has 0 radical (unpaired) electrons. The zero-order valence-electron chi connectivity index (χ0n) is 9.09. The lowest BCUT2D eigenvalue weighted by atomic mass is 10.1. The van der Waals surface area contributed by atoms with Gasteiger partial charge >= 0.3 is 0 Å². The van der Waals surface area contributed by atoms with Crippen LogP contribution in [0.25, 0.3) is 0 Å². The maximum atomic E-state index is 6.19. The number of halogens is 4. The highest BCUT2D eigenvalue weighted by Gasteiger charge is 2.14. The Morgan fingerprint density at radius 3 is 2.50 bits per heavy atom. The molecule has 0 bridgehead atoms. The van der Waals surface area contributed by atoms with Gasteiger partial charge in [-0.1, -0.05) is 29.3 Å². The van der Waals surface area contributed by atoms with Crippen LogP contribution in [0.15, 0.2) is 32.5 Å². The van der Waals surface area contributed by atoms with Crippen molar-refractivity contribution >= 4 is 66.4 Å². The highest BCUT2D eigenvalue weighted by atomic mass is 79.9. The summed E-state index contributed by atoms with van der Waals surface area (Å²) in [5.74, 6) is 0. The quantitative estimate of drug-likeness (QED) is 0.653. The van der Waals surface area contributed by atoms with Gasteiger partial charge in [0.05, 0.1) is 3.79 Å². The standard InChI is InChI=1S/C12H9Br2Cl2NS/c13-8-5-11(18-12(8)14)10(17)3-6-1-2-7(15)4-9(6)16/h1-2,4-5,10H,3,17H2. The molecule has 18 heavy (non-hydrogen) atoms. The monoisotopic (exact) mass is 427 g/mol. The Morgan fingerprint density at radius 2 is 1.94 bits per heavy atom. The van der Waals surface area contributed by atoms with Crippen molar-refractivity contribution in [2.45, 2.75) is 12.5 Å². The summed E-state index contributed by atoms with van der Waals surface area (Å²) in [6, 6.07) is 7.45. The van der Waals surface area contributed by atoms with Gasteiger partial charge in [-0.15, -0.1) is 11.3 Å². The van der Waals surface area contributed by atoms with Gasteiger partial charge in [-0.25, -0.2) is 0 Å². The van der Waals surface area contributed by atoms with Gasteiger partial charge < -0.3 is 5.73 Å². The molecule has 1 aromatic carbocycles. The van der Waals surface area contributed by atoms with Gasteiger partial charge in [-0.2, -0.15) is 0 Å². The number of rotatable bonds is 3. The van der Waals surface area contributed by atoms with Crippen molar-refractivity contribution in [1.82, 2.24) is 0 Å². The smallest absolute Gasteiger partial charge is 0.0843 e. The second kappa shape index (κ2) is 6.25. The van der Waals surface area contributed by atoms with E-state index in [2.05, 4.69) is 31.9 Å². The maximum Gasteiger partial charge on any atom is 0.0843 e. The molecule has 0 amide bonds. The van der Waals surface area contributed by atoms with E-state index in [4.69, 9.17) is 28.9 Å². The minimum atomic E-state index is -0.0729. The molecule has 2 N–H and O–H groups in total. The molecule has 0 saturated carbocycles. The van der Waals surface area contributed by atoms with Gasteiger partial charge in [0.15, 0.2) is 0 Å². The molecule has 0 aliphatic carbocycles. The van der Waals surface area contributed by atoms with E-state index in [1.54, 1.807) is 17.4 Å². The Labute approximate surface area is 137 Å². The Bertz CT molecular complexity index is 552.